The zero-order valence-corrected chi connectivity index (χ0v) is 16.0. The van der Waals surface area contributed by atoms with Gasteiger partial charge in [-0.25, -0.2) is 0 Å². The summed E-state index contributed by atoms with van der Waals surface area (Å²) in [7, 11) is 0.632. The molecule has 0 atom stereocenters. The molecule has 0 saturated carbocycles. The van der Waals surface area contributed by atoms with Gasteiger partial charge in [-0.2, -0.15) is 5.10 Å². The predicted molar refractivity (Wildman–Crippen MR) is 102 cm³/mol. The van der Waals surface area contributed by atoms with Crippen molar-refractivity contribution in [1.82, 2.24) is 9.78 Å². The Hall–Kier alpha value is -2.03. The summed E-state index contributed by atoms with van der Waals surface area (Å²) in [5.41, 5.74) is 7.83. The summed E-state index contributed by atoms with van der Waals surface area (Å²) in [5.74, 6) is 3.31. The zero-order valence-electron chi connectivity index (χ0n) is 15.0. The Balaban J connectivity index is 1.87. The van der Waals surface area contributed by atoms with E-state index in [2.05, 4.69) is 71.6 Å². The third kappa shape index (κ3) is 4.08. The lowest BCUT2D eigenvalue weighted by atomic mass is 10.1. The summed E-state index contributed by atoms with van der Waals surface area (Å²) < 4.78 is 7.35. The largest absolute Gasteiger partial charge is 0.378 e. The lowest BCUT2D eigenvalue weighted by Crippen LogP contribution is -2.36. The summed E-state index contributed by atoms with van der Waals surface area (Å²) in [5, 5.41) is 4.68. The van der Waals surface area contributed by atoms with Crippen molar-refractivity contribution in [3.8, 4) is 22.7 Å². The maximum absolute atomic E-state index is 5.46. The van der Waals surface area contributed by atoms with Crippen molar-refractivity contribution < 1.29 is 4.74 Å². The first-order valence-corrected chi connectivity index (χ1v) is 11.9. The van der Waals surface area contributed by atoms with Crippen molar-refractivity contribution in [1.29, 1.82) is 0 Å². The third-order valence-corrected chi connectivity index (χ3v) is 4.78. The smallest absolute Gasteiger partial charge is 0.129 e. The molecule has 1 aromatic carbocycles. The number of ether oxygens (including phenoxy) is 1. The first-order valence-electron chi connectivity index (χ1n) is 8.42. The number of hydrogen-bond donors (Lipinski definition) is 0. The lowest BCUT2D eigenvalue weighted by molar-refractivity contribution is 0.122. The van der Waals surface area contributed by atoms with Crippen molar-refractivity contribution in [3.05, 3.63) is 36.0 Å². The van der Waals surface area contributed by atoms with Crippen LogP contribution in [0.3, 0.4) is 0 Å². The normalized spacial score (nSPS) is 15.1. The number of nitrogens with zero attached hydrogens (tertiary/aromatic N) is 3. The molecule has 0 spiro atoms. The number of hydrogen-bond acceptors (Lipinski definition) is 3. The van der Waals surface area contributed by atoms with Gasteiger partial charge in [0.25, 0.3) is 0 Å². The van der Waals surface area contributed by atoms with Crippen LogP contribution in [0.5, 0.6) is 0 Å². The quantitative estimate of drug-likeness (QED) is 0.622. The zero-order chi connectivity index (χ0) is 17.2. The lowest BCUT2D eigenvalue weighted by Gasteiger charge is -2.28. The van der Waals surface area contributed by atoms with Crippen LogP contribution in [0, 0.1) is 11.5 Å². The molecule has 0 aliphatic carbocycles. The molecular formula is C19H25N3OSi. The van der Waals surface area contributed by atoms with Crippen LogP contribution in [0.4, 0.5) is 5.69 Å². The Labute approximate surface area is 145 Å². The average molecular weight is 340 g/mol. The highest BCUT2D eigenvalue weighted by molar-refractivity contribution is 6.83. The van der Waals surface area contributed by atoms with Gasteiger partial charge in [0, 0.05) is 37.5 Å². The van der Waals surface area contributed by atoms with Crippen LogP contribution in [0.1, 0.15) is 5.56 Å². The van der Waals surface area contributed by atoms with Crippen LogP contribution >= 0.6 is 0 Å². The molecule has 1 aliphatic rings. The van der Waals surface area contributed by atoms with E-state index in [1.54, 1.807) is 0 Å². The van der Waals surface area contributed by atoms with Crippen molar-refractivity contribution >= 4 is 13.8 Å². The number of rotatable bonds is 2. The van der Waals surface area contributed by atoms with Gasteiger partial charge >= 0.3 is 0 Å². The molecule has 24 heavy (non-hydrogen) atoms. The molecule has 0 bridgehead atoms. The van der Waals surface area contributed by atoms with Crippen LogP contribution in [-0.4, -0.2) is 44.2 Å². The van der Waals surface area contributed by atoms with Gasteiger partial charge in [0.2, 0.25) is 0 Å². The van der Waals surface area contributed by atoms with E-state index in [4.69, 9.17) is 4.74 Å². The molecular weight excluding hydrogens is 314 g/mol. The second-order valence-electron chi connectivity index (χ2n) is 7.21. The van der Waals surface area contributed by atoms with E-state index < -0.39 is 8.07 Å². The molecule has 3 rings (SSSR count). The molecule has 0 amide bonds. The summed E-state index contributed by atoms with van der Waals surface area (Å²) in [6, 6.07) is 8.45. The van der Waals surface area contributed by atoms with Crippen molar-refractivity contribution in [3.63, 3.8) is 0 Å². The number of benzene rings is 1. The van der Waals surface area contributed by atoms with Crippen LogP contribution in [0.15, 0.2) is 30.5 Å². The molecule has 0 N–H and O–H groups in total. The maximum Gasteiger partial charge on any atom is 0.129 e. The average Bonchev–Trinajstić information content (AvgIpc) is 2.95. The van der Waals surface area contributed by atoms with E-state index in [0.717, 1.165) is 43.1 Å². The first-order chi connectivity index (χ1) is 11.4. The van der Waals surface area contributed by atoms with E-state index in [1.807, 2.05) is 11.7 Å². The number of aryl methyl sites for hydroxylation is 1. The standard InChI is InChI=1S/C19H25N3OSi/c1-21-15-18(22-10-12-23-13-11-22)19(20-21)17-7-5-16(6-8-17)9-14-24(2,3)4/h5-8,15H,10-13H2,1-4H3. The molecule has 4 nitrogen and oxygen atoms in total. The summed E-state index contributed by atoms with van der Waals surface area (Å²) in [6.07, 6.45) is 2.10. The van der Waals surface area contributed by atoms with E-state index in [0.29, 0.717) is 0 Å². The van der Waals surface area contributed by atoms with Crippen LogP contribution in [-0.2, 0) is 11.8 Å². The molecule has 0 radical (unpaired) electrons. The molecule has 126 valence electrons. The van der Waals surface area contributed by atoms with Crippen LogP contribution < -0.4 is 4.90 Å². The van der Waals surface area contributed by atoms with Gasteiger partial charge in [-0.1, -0.05) is 37.7 Å². The van der Waals surface area contributed by atoms with Gasteiger partial charge in [0.05, 0.1) is 18.9 Å². The minimum atomic E-state index is -1.34. The van der Waals surface area contributed by atoms with Crippen molar-refractivity contribution in [2.75, 3.05) is 31.2 Å². The number of anilines is 1. The van der Waals surface area contributed by atoms with Crippen LogP contribution in [0.2, 0.25) is 19.6 Å². The minimum absolute atomic E-state index is 0.777. The molecule has 1 aromatic heterocycles. The molecule has 2 aromatic rings. The fourth-order valence-corrected chi connectivity index (χ4v) is 3.21. The highest BCUT2D eigenvalue weighted by atomic mass is 28.3. The second-order valence-corrected chi connectivity index (χ2v) is 12.0. The highest BCUT2D eigenvalue weighted by Gasteiger charge is 2.18. The summed E-state index contributed by atoms with van der Waals surface area (Å²) in [6.45, 7) is 10.2. The molecule has 0 unspecified atom stereocenters. The van der Waals surface area contributed by atoms with Gasteiger partial charge in [-0.05, 0) is 12.1 Å². The van der Waals surface area contributed by atoms with E-state index >= 15 is 0 Å². The molecule has 1 fully saturated rings. The summed E-state index contributed by atoms with van der Waals surface area (Å²) in [4.78, 5) is 2.35. The fourth-order valence-electron chi connectivity index (χ4n) is 2.69. The molecule has 1 saturated heterocycles. The van der Waals surface area contributed by atoms with Gasteiger partial charge in [-0.15, -0.1) is 5.54 Å². The SMILES string of the molecule is Cn1cc(N2CCOCC2)c(-c2ccc(C#C[Si](C)(C)C)cc2)n1. The fraction of sp³-hybridized carbons (Fsp3) is 0.421. The van der Waals surface area contributed by atoms with Crippen molar-refractivity contribution in [2.24, 2.45) is 7.05 Å². The Morgan fingerprint density at radius 1 is 1.08 bits per heavy atom. The second kappa shape index (κ2) is 6.84. The number of aromatic nitrogens is 2. The Bertz CT molecular complexity index is 757. The van der Waals surface area contributed by atoms with E-state index in [-0.39, 0.29) is 0 Å². The topological polar surface area (TPSA) is 30.3 Å². The monoisotopic (exact) mass is 339 g/mol. The van der Waals surface area contributed by atoms with Gasteiger partial charge in [0.15, 0.2) is 0 Å². The highest BCUT2D eigenvalue weighted by Crippen LogP contribution is 2.30. The first kappa shape index (κ1) is 16.8. The van der Waals surface area contributed by atoms with Gasteiger partial charge in [0.1, 0.15) is 13.8 Å². The summed E-state index contributed by atoms with van der Waals surface area (Å²) >= 11 is 0. The number of morpholine rings is 1. The maximum atomic E-state index is 5.46. The molecule has 1 aliphatic heterocycles. The predicted octanol–water partition coefficient (Wildman–Crippen LogP) is 3.15. The van der Waals surface area contributed by atoms with E-state index in [1.165, 1.54) is 5.69 Å². The Morgan fingerprint density at radius 3 is 2.38 bits per heavy atom. The van der Waals surface area contributed by atoms with Gasteiger partial charge < -0.3 is 9.64 Å². The van der Waals surface area contributed by atoms with E-state index in [9.17, 15) is 0 Å². The van der Waals surface area contributed by atoms with Crippen LogP contribution in [0.25, 0.3) is 11.3 Å². The van der Waals surface area contributed by atoms with Gasteiger partial charge in [-0.3, -0.25) is 4.68 Å². The van der Waals surface area contributed by atoms with Crippen molar-refractivity contribution in [2.45, 2.75) is 19.6 Å². The molecule has 2 heterocycles. The third-order valence-electron chi connectivity index (χ3n) is 3.90. The molecule has 5 heteroatoms. The minimum Gasteiger partial charge on any atom is -0.378 e. The Kier molecular flexibility index (Phi) is 4.79. The Morgan fingerprint density at radius 2 is 1.75 bits per heavy atom.